The molecule has 0 saturated carbocycles. The molecule has 0 bridgehead atoms. The molecular weight excluding hydrogens is 456 g/mol. The highest BCUT2D eigenvalue weighted by Crippen LogP contribution is 2.23. The molecule has 0 aromatic rings. The second-order valence-electron chi connectivity index (χ2n) is 11.6. The summed E-state index contributed by atoms with van der Waals surface area (Å²) in [5, 5.41) is 0. The van der Waals surface area contributed by atoms with Crippen LogP contribution in [0.2, 0.25) is 0 Å². The van der Waals surface area contributed by atoms with Crippen molar-refractivity contribution in [3.8, 4) is 0 Å². The number of hydrogen-bond donors (Lipinski definition) is 0. The quantitative estimate of drug-likeness (QED) is 0.0668. The van der Waals surface area contributed by atoms with Crippen LogP contribution < -0.4 is 0 Å². The average Bonchev–Trinajstić information content (AvgIpc) is 2.90. The molecule has 0 fully saturated rings. The first-order valence-corrected chi connectivity index (χ1v) is 17.0. The molecule has 1 unspecified atom stereocenters. The first kappa shape index (κ1) is 36.4. The maximum absolute atomic E-state index is 12.4. The van der Waals surface area contributed by atoms with E-state index in [0.29, 0.717) is 25.6 Å². The minimum absolute atomic E-state index is 0.0175. The molecule has 0 spiro atoms. The van der Waals surface area contributed by atoms with Gasteiger partial charge in [-0.15, -0.1) is 0 Å². The summed E-state index contributed by atoms with van der Waals surface area (Å²) in [4.78, 5) is 12.4. The monoisotopic (exact) mass is 525 g/mol. The largest absolute Gasteiger partial charge is 0.463 e. The topological polar surface area (TPSA) is 35.5 Å². The molecule has 0 amide bonds. The Morgan fingerprint density at radius 1 is 0.459 bits per heavy atom. The third-order valence-electron chi connectivity index (χ3n) is 7.73. The van der Waals surface area contributed by atoms with Crippen LogP contribution in [0.5, 0.6) is 0 Å². The van der Waals surface area contributed by atoms with Crippen LogP contribution in [-0.4, -0.2) is 25.8 Å². The molecule has 0 aliphatic carbocycles. The number of ether oxygens (including phenoxy) is 2. The normalized spacial score (nSPS) is 12.2. The maximum atomic E-state index is 12.4. The van der Waals surface area contributed by atoms with Crippen LogP contribution in [0.1, 0.15) is 188 Å². The van der Waals surface area contributed by atoms with E-state index in [0.717, 1.165) is 13.0 Å². The third kappa shape index (κ3) is 29.8. The Hall–Kier alpha value is -0.570. The number of hydrogen-bond acceptors (Lipinski definition) is 3. The van der Waals surface area contributed by atoms with Crippen molar-refractivity contribution in [2.75, 3.05) is 19.8 Å². The summed E-state index contributed by atoms with van der Waals surface area (Å²) in [6.45, 7) is 8.35. The van der Waals surface area contributed by atoms with E-state index in [2.05, 4.69) is 20.8 Å². The Morgan fingerprint density at radius 2 is 0.838 bits per heavy atom. The van der Waals surface area contributed by atoms with E-state index in [1.807, 2.05) is 0 Å². The molecule has 0 saturated heterocycles. The lowest BCUT2D eigenvalue weighted by Gasteiger charge is -2.16. The Labute approximate surface area is 233 Å². The fourth-order valence-electron chi connectivity index (χ4n) is 5.30. The van der Waals surface area contributed by atoms with Crippen molar-refractivity contribution in [2.24, 2.45) is 5.92 Å². The molecule has 0 N–H and O–H groups in total. The van der Waals surface area contributed by atoms with Crippen LogP contribution >= 0.6 is 0 Å². The van der Waals surface area contributed by atoms with E-state index in [4.69, 9.17) is 9.47 Å². The van der Waals surface area contributed by atoms with E-state index in [1.165, 1.54) is 154 Å². The van der Waals surface area contributed by atoms with Crippen molar-refractivity contribution >= 4 is 5.97 Å². The van der Waals surface area contributed by atoms with Gasteiger partial charge in [-0.1, -0.05) is 162 Å². The van der Waals surface area contributed by atoms with Crippen molar-refractivity contribution in [3.63, 3.8) is 0 Å². The van der Waals surface area contributed by atoms with Gasteiger partial charge in [0.15, 0.2) is 0 Å². The summed E-state index contributed by atoms with van der Waals surface area (Å²) in [7, 11) is 0. The van der Waals surface area contributed by atoms with Crippen molar-refractivity contribution in [1.82, 2.24) is 0 Å². The van der Waals surface area contributed by atoms with Gasteiger partial charge in [0.2, 0.25) is 0 Å². The van der Waals surface area contributed by atoms with Crippen molar-refractivity contribution in [2.45, 2.75) is 188 Å². The van der Waals surface area contributed by atoms with Gasteiger partial charge in [-0.05, 0) is 25.2 Å². The van der Waals surface area contributed by atoms with E-state index >= 15 is 0 Å². The Bertz CT molecular complexity index is 437. The highest BCUT2D eigenvalue weighted by atomic mass is 16.6. The van der Waals surface area contributed by atoms with Crippen LogP contribution in [-0.2, 0) is 14.3 Å². The van der Waals surface area contributed by atoms with Gasteiger partial charge in [-0.2, -0.15) is 0 Å². The van der Waals surface area contributed by atoms with E-state index < -0.39 is 0 Å². The first-order chi connectivity index (χ1) is 18.2. The minimum atomic E-state index is -0.0175. The summed E-state index contributed by atoms with van der Waals surface area (Å²) in [6, 6.07) is 0. The molecule has 1 atom stereocenters. The lowest BCUT2D eigenvalue weighted by atomic mass is 9.91. The Morgan fingerprint density at radius 3 is 1.22 bits per heavy atom. The van der Waals surface area contributed by atoms with Gasteiger partial charge in [0.1, 0.15) is 6.61 Å². The summed E-state index contributed by atoms with van der Waals surface area (Å²) in [6.07, 6.45) is 34.3. The molecule has 0 aromatic heterocycles. The maximum Gasteiger partial charge on any atom is 0.306 e. The first-order valence-electron chi connectivity index (χ1n) is 17.0. The highest BCUT2D eigenvalue weighted by Gasteiger charge is 2.15. The van der Waals surface area contributed by atoms with Crippen LogP contribution in [0.4, 0.5) is 0 Å². The van der Waals surface area contributed by atoms with Gasteiger partial charge < -0.3 is 9.47 Å². The number of unbranched alkanes of at least 4 members (excludes halogenated alkanes) is 20. The summed E-state index contributed by atoms with van der Waals surface area (Å²) < 4.78 is 10.9. The fourth-order valence-corrected chi connectivity index (χ4v) is 5.30. The lowest BCUT2D eigenvalue weighted by Crippen LogP contribution is -2.15. The van der Waals surface area contributed by atoms with Crippen molar-refractivity contribution < 1.29 is 14.3 Å². The molecule has 0 aliphatic heterocycles. The van der Waals surface area contributed by atoms with E-state index in [9.17, 15) is 4.79 Å². The fraction of sp³-hybridized carbons (Fsp3) is 0.971. The Kier molecular flexibility index (Phi) is 31.2. The zero-order chi connectivity index (χ0) is 27.1. The zero-order valence-corrected chi connectivity index (χ0v) is 25.8. The average molecular weight is 525 g/mol. The second-order valence-corrected chi connectivity index (χ2v) is 11.6. The lowest BCUT2D eigenvalue weighted by molar-refractivity contribution is -0.146. The van der Waals surface area contributed by atoms with Crippen LogP contribution in [0.15, 0.2) is 0 Å². The molecule has 37 heavy (non-hydrogen) atoms. The number of carbonyl (C=O) groups excluding carboxylic acids is 1. The minimum Gasteiger partial charge on any atom is -0.463 e. The highest BCUT2D eigenvalue weighted by molar-refractivity contribution is 5.69. The molecule has 0 rings (SSSR count). The number of rotatable bonds is 31. The van der Waals surface area contributed by atoms with Crippen LogP contribution in [0, 0.1) is 5.92 Å². The Balaban J connectivity index is 3.97. The molecule has 222 valence electrons. The number of esters is 1. The van der Waals surface area contributed by atoms with Gasteiger partial charge in [0, 0.05) is 13.0 Å². The van der Waals surface area contributed by atoms with Gasteiger partial charge in [-0.3, -0.25) is 4.79 Å². The zero-order valence-electron chi connectivity index (χ0n) is 25.8. The predicted molar refractivity (Wildman–Crippen MR) is 162 cm³/mol. The number of carbonyl (C=O) groups is 1. The van der Waals surface area contributed by atoms with Gasteiger partial charge in [0.25, 0.3) is 0 Å². The van der Waals surface area contributed by atoms with E-state index in [1.54, 1.807) is 0 Å². The molecular formula is C34H68O3. The second kappa shape index (κ2) is 31.6. The van der Waals surface area contributed by atoms with Gasteiger partial charge in [-0.25, -0.2) is 0 Å². The van der Waals surface area contributed by atoms with Crippen LogP contribution in [0.25, 0.3) is 0 Å². The van der Waals surface area contributed by atoms with Gasteiger partial charge in [0.05, 0.1) is 6.61 Å². The van der Waals surface area contributed by atoms with Crippen LogP contribution in [0.3, 0.4) is 0 Å². The van der Waals surface area contributed by atoms with Crippen molar-refractivity contribution in [1.29, 1.82) is 0 Å². The van der Waals surface area contributed by atoms with Gasteiger partial charge >= 0.3 is 5.97 Å². The molecule has 0 aliphatic rings. The third-order valence-corrected chi connectivity index (χ3v) is 7.73. The van der Waals surface area contributed by atoms with Crippen molar-refractivity contribution in [3.05, 3.63) is 0 Å². The molecule has 0 heterocycles. The predicted octanol–water partition coefficient (Wildman–Crippen LogP) is 11.4. The molecule has 0 aromatic carbocycles. The summed E-state index contributed by atoms with van der Waals surface area (Å²) >= 11 is 0. The van der Waals surface area contributed by atoms with E-state index in [-0.39, 0.29) is 5.97 Å². The SMILES string of the molecule is CCCCCCCCCCCCCCC(CCCCCCCCCCCC)CC(=O)OCCOCCC. The smallest absolute Gasteiger partial charge is 0.306 e. The summed E-state index contributed by atoms with van der Waals surface area (Å²) in [5.74, 6) is 0.484. The molecule has 3 nitrogen and oxygen atoms in total. The summed E-state index contributed by atoms with van der Waals surface area (Å²) in [5.41, 5.74) is 0. The molecule has 0 radical (unpaired) electrons. The standard InChI is InChI=1S/C34H68O3/c1-4-7-9-11-13-15-17-18-20-22-24-26-28-33(32-34(35)37-31-30-36-29-6-3)27-25-23-21-19-16-14-12-10-8-5-2/h33H,4-32H2,1-3H3. The molecule has 3 heteroatoms.